The van der Waals surface area contributed by atoms with Gasteiger partial charge >= 0.3 is 0 Å². The van der Waals surface area contributed by atoms with E-state index in [2.05, 4.69) is 6.92 Å². The second kappa shape index (κ2) is 9.75. The molecule has 0 aliphatic heterocycles. The van der Waals surface area contributed by atoms with Crippen molar-refractivity contribution in [2.24, 2.45) is 23.7 Å². The van der Waals surface area contributed by atoms with E-state index in [1.54, 1.807) is 6.92 Å². The summed E-state index contributed by atoms with van der Waals surface area (Å²) in [6.45, 7) is 4.84. The smallest absolute Gasteiger partial charge is 0.204 e. The van der Waals surface area contributed by atoms with E-state index in [9.17, 15) is 8.78 Å². The Morgan fingerprint density at radius 1 is 0.741 bits per heavy atom. The van der Waals surface area contributed by atoms with E-state index in [4.69, 9.17) is 9.47 Å². The molecule has 0 radical (unpaired) electrons. The summed E-state index contributed by atoms with van der Waals surface area (Å²) in [5.74, 6) is 1.21. The van der Waals surface area contributed by atoms with Gasteiger partial charge in [0, 0.05) is 0 Å². The molecule has 2 fully saturated rings. The topological polar surface area (TPSA) is 18.5 Å². The first-order valence-corrected chi connectivity index (χ1v) is 10.9. The van der Waals surface area contributed by atoms with Crippen molar-refractivity contribution < 1.29 is 18.3 Å². The zero-order chi connectivity index (χ0) is 19.2. The van der Waals surface area contributed by atoms with Crippen LogP contribution in [0, 0.1) is 35.3 Å². The van der Waals surface area contributed by atoms with E-state index < -0.39 is 11.6 Å². The first-order valence-electron chi connectivity index (χ1n) is 10.9. The molecule has 2 aliphatic carbocycles. The van der Waals surface area contributed by atoms with E-state index in [1.165, 1.54) is 57.1 Å². The average Bonchev–Trinajstić information content (AvgIpc) is 2.71. The van der Waals surface area contributed by atoms with Crippen LogP contribution in [0.5, 0.6) is 11.5 Å². The van der Waals surface area contributed by atoms with Gasteiger partial charge in [-0.1, -0.05) is 26.2 Å². The van der Waals surface area contributed by atoms with Gasteiger partial charge in [-0.2, -0.15) is 8.78 Å². The first-order chi connectivity index (χ1) is 13.1. The Hall–Kier alpha value is -1.32. The van der Waals surface area contributed by atoms with E-state index in [1.807, 2.05) is 0 Å². The van der Waals surface area contributed by atoms with Crippen LogP contribution in [0.3, 0.4) is 0 Å². The second-order valence-electron chi connectivity index (χ2n) is 8.40. The Morgan fingerprint density at radius 2 is 1.22 bits per heavy atom. The van der Waals surface area contributed by atoms with Crippen molar-refractivity contribution in [3.8, 4) is 11.5 Å². The van der Waals surface area contributed by atoms with Crippen molar-refractivity contribution in [3.63, 3.8) is 0 Å². The number of hydrogen-bond donors (Lipinski definition) is 0. The van der Waals surface area contributed by atoms with Crippen molar-refractivity contribution in [2.45, 2.75) is 71.6 Å². The molecule has 1 aromatic carbocycles. The van der Waals surface area contributed by atoms with Crippen molar-refractivity contribution in [3.05, 3.63) is 23.8 Å². The zero-order valence-corrected chi connectivity index (χ0v) is 16.8. The minimum atomic E-state index is -0.958. The Kier molecular flexibility index (Phi) is 7.37. The van der Waals surface area contributed by atoms with E-state index in [0.717, 1.165) is 30.6 Å². The summed E-state index contributed by atoms with van der Waals surface area (Å²) in [4.78, 5) is 0. The number of ether oxygens (including phenoxy) is 2. The molecular formula is C23H34F2O2. The Morgan fingerprint density at radius 3 is 1.70 bits per heavy atom. The molecule has 0 spiro atoms. The summed E-state index contributed by atoms with van der Waals surface area (Å²) in [5.41, 5.74) is 0. The minimum absolute atomic E-state index is 0.00374. The molecule has 4 heteroatoms. The predicted molar refractivity (Wildman–Crippen MR) is 104 cm³/mol. The maximum absolute atomic E-state index is 14.1. The number of hydrogen-bond acceptors (Lipinski definition) is 2. The third-order valence-corrected chi connectivity index (χ3v) is 6.81. The van der Waals surface area contributed by atoms with Crippen LogP contribution in [0.2, 0.25) is 0 Å². The molecule has 0 unspecified atom stereocenters. The van der Waals surface area contributed by atoms with Gasteiger partial charge in [0.25, 0.3) is 0 Å². The highest BCUT2D eigenvalue weighted by atomic mass is 19.2. The van der Waals surface area contributed by atoms with Crippen LogP contribution in [0.25, 0.3) is 0 Å². The molecule has 152 valence electrons. The van der Waals surface area contributed by atoms with Crippen LogP contribution in [-0.2, 0) is 0 Å². The standard InChI is InChI=1S/C23H34F2O2/c1-3-16-5-9-18(10-6-16)19-11-7-17(8-12-19)15-27-21-14-13-20(26-4-2)22(24)23(21)25/h13-14,16-19H,3-12,15H2,1-2H3. The molecule has 2 nitrogen and oxygen atoms in total. The number of benzene rings is 1. The summed E-state index contributed by atoms with van der Waals surface area (Å²) >= 11 is 0. The summed E-state index contributed by atoms with van der Waals surface area (Å²) in [6, 6.07) is 2.92. The Labute approximate surface area is 162 Å². The first kappa shape index (κ1) is 20.4. The van der Waals surface area contributed by atoms with Crippen LogP contribution in [0.1, 0.15) is 71.6 Å². The SMILES string of the molecule is CCOc1ccc(OCC2CCC(C3CCC(CC)CC3)CC2)c(F)c1F. The fourth-order valence-electron chi connectivity index (χ4n) is 4.99. The molecule has 0 aromatic heterocycles. The van der Waals surface area contributed by atoms with Gasteiger partial charge in [-0.05, 0) is 81.3 Å². The maximum Gasteiger partial charge on any atom is 0.204 e. The summed E-state index contributed by atoms with van der Waals surface area (Å²) < 4.78 is 38.8. The number of rotatable bonds is 7. The van der Waals surface area contributed by atoms with Crippen LogP contribution in [0.15, 0.2) is 12.1 Å². The molecule has 0 amide bonds. The van der Waals surface area contributed by atoms with Gasteiger partial charge in [0.1, 0.15) is 0 Å². The third-order valence-electron chi connectivity index (χ3n) is 6.81. The van der Waals surface area contributed by atoms with Gasteiger partial charge in [-0.15, -0.1) is 0 Å². The van der Waals surface area contributed by atoms with Gasteiger partial charge in [0.2, 0.25) is 11.6 Å². The Balaban J connectivity index is 1.44. The Bertz CT molecular complexity index is 588. The summed E-state index contributed by atoms with van der Waals surface area (Å²) in [6.07, 6.45) is 11.8. The van der Waals surface area contributed by atoms with Gasteiger partial charge in [-0.3, -0.25) is 0 Å². The molecule has 0 heterocycles. The molecular weight excluding hydrogens is 346 g/mol. The quantitative estimate of drug-likeness (QED) is 0.520. The summed E-state index contributed by atoms with van der Waals surface area (Å²) in [5, 5.41) is 0. The van der Waals surface area contributed by atoms with Gasteiger partial charge < -0.3 is 9.47 Å². The normalized spacial score (nSPS) is 28.7. The van der Waals surface area contributed by atoms with Crippen molar-refractivity contribution in [1.29, 1.82) is 0 Å². The molecule has 2 aliphatic rings. The molecule has 3 rings (SSSR count). The molecule has 0 atom stereocenters. The third kappa shape index (κ3) is 5.14. The van der Waals surface area contributed by atoms with Crippen molar-refractivity contribution in [1.82, 2.24) is 0 Å². The molecule has 0 saturated heterocycles. The highest BCUT2D eigenvalue weighted by molar-refractivity contribution is 5.35. The summed E-state index contributed by atoms with van der Waals surface area (Å²) in [7, 11) is 0. The highest BCUT2D eigenvalue weighted by Crippen LogP contribution is 2.42. The van der Waals surface area contributed by atoms with Crippen molar-refractivity contribution in [2.75, 3.05) is 13.2 Å². The largest absolute Gasteiger partial charge is 0.491 e. The molecule has 1 aromatic rings. The lowest BCUT2D eigenvalue weighted by molar-refractivity contribution is 0.121. The van der Waals surface area contributed by atoms with E-state index in [0.29, 0.717) is 19.1 Å². The maximum atomic E-state index is 14.1. The van der Waals surface area contributed by atoms with E-state index in [-0.39, 0.29) is 11.5 Å². The number of halogens is 2. The predicted octanol–water partition coefficient (Wildman–Crippen LogP) is 6.77. The van der Waals surface area contributed by atoms with Gasteiger partial charge in [0.05, 0.1) is 13.2 Å². The lowest BCUT2D eigenvalue weighted by atomic mass is 9.69. The van der Waals surface area contributed by atoms with Crippen LogP contribution in [-0.4, -0.2) is 13.2 Å². The van der Waals surface area contributed by atoms with Gasteiger partial charge in [-0.25, -0.2) is 0 Å². The van der Waals surface area contributed by atoms with Crippen molar-refractivity contribution >= 4 is 0 Å². The lowest BCUT2D eigenvalue weighted by Crippen LogP contribution is -2.27. The minimum Gasteiger partial charge on any atom is -0.491 e. The van der Waals surface area contributed by atoms with E-state index >= 15 is 0 Å². The monoisotopic (exact) mass is 380 g/mol. The van der Waals surface area contributed by atoms with Crippen LogP contribution >= 0.6 is 0 Å². The zero-order valence-electron chi connectivity index (χ0n) is 16.8. The van der Waals surface area contributed by atoms with Crippen LogP contribution in [0.4, 0.5) is 8.78 Å². The fraction of sp³-hybridized carbons (Fsp3) is 0.739. The molecule has 2 saturated carbocycles. The molecule has 0 bridgehead atoms. The lowest BCUT2D eigenvalue weighted by Gasteiger charge is -2.37. The average molecular weight is 381 g/mol. The highest BCUT2D eigenvalue weighted by Gasteiger charge is 2.30. The van der Waals surface area contributed by atoms with Gasteiger partial charge in [0.15, 0.2) is 11.5 Å². The second-order valence-corrected chi connectivity index (χ2v) is 8.40. The van der Waals surface area contributed by atoms with Crippen LogP contribution < -0.4 is 9.47 Å². The molecule has 0 N–H and O–H groups in total. The molecule has 27 heavy (non-hydrogen) atoms. The fourth-order valence-corrected chi connectivity index (χ4v) is 4.99.